The summed E-state index contributed by atoms with van der Waals surface area (Å²) in [5, 5.41) is 9.02. The van der Waals surface area contributed by atoms with E-state index in [4.69, 9.17) is 14.7 Å². The minimum absolute atomic E-state index is 0.00162. The summed E-state index contributed by atoms with van der Waals surface area (Å²) in [6, 6.07) is 4.69. The highest BCUT2D eigenvalue weighted by molar-refractivity contribution is 6.05. The van der Waals surface area contributed by atoms with E-state index in [2.05, 4.69) is 0 Å². The van der Waals surface area contributed by atoms with Gasteiger partial charge in [-0.15, -0.1) is 0 Å². The topological polar surface area (TPSA) is 79.6 Å². The van der Waals surface area contributed by atoms with Gasteiger partial charge in [0.05, 0.1) is 37.1 Å². The molecule has 0 N–H and O–H groups in total. The second-order valence-corrected chi connectivity index (χ2v) is 5.00. The Bertz CT molecular complexity index is 863. The van der Waals surface area contributed by atoms with E-state index in [1.165, 1.54) is 55.5 Å². The second-order valence-electron chi connectivity index (χ2n) is 5.00. The molecule has 0 aromatic heterocycles. The molecule has 1 aliphatic rings. The quantitative estimate of drug-likeness (QED) is 0.785. The number of carbonyl (C=O) groups is 2. The maximum Gasteiger partial charge on any atom is 0.355 e. The lowest BCUT2D eigenvalue weighted by Crippen LogP contribution is -2.27. The Morgan fingerprint density at radius 3 is 2.44 bits per heavy atom. The van der Waals surface area contributed by atoms with E-state index in [0.29, 0.717) is 0 Å². The van der Waals surface area contributed by atoms with Crippen molar-refractivity contribution in [1.29, 1.82) is 5.26 Å². The molecule has 0 spiro atoms. The Morgan fingerprint density at radius 1 is 1.16 bits per heavy atom. The number of rotatable bonds is 3. The molecule has 6 nitrogen and oxygen atoms in total. The van der Waals surface area contributed by atoms with Crippen LogP contribution in [-0.2, 0) is 19.1 Å². The zero-order chi connectivity index (χ0) is 18.6. The number of benzene rings is 1. The standard InChI is InChI=1S/C18H15FN2O4/c1-11-12(10-20)7-8-14(15(11)19)21-9-5-4-6-13(17(22)24-2)16(21)18(23)25-3/h4-9H,1-3H3. The molecule has 0 fully saturated rings. The third kappa shape index (κ3) is 3.28. The van der Waals surface area contributed by atoms with Gasteiger partial charge in [-0.05, 0) is 31.2 Å². The number of hydrogen-bond acceptors (Lipinski definition) is 6. The average Bonchev–Trinajstić information content (AvgIpc) is 2.85. The molecular formula is C18H15FN2O4. The van der Waals surface area contributed by atoms with Gasteiger partial charge in [-0.1, -0.05) is 6.08 Å². The fraction of sp³-hybridized carbons (Fsp3) is 0.167. The van der Waals surface area contributed by atoms with E-state index in [1.807, 2.05) is 6.07 Å². The number of allylic oxidation sites excluding steroid dienone is 2. The van der Waals surface area contributed by atoms with Gasteiger partial charge in [-0.3, -0.25) is 0 Å². The molecule has 0 saturated carbocycles. The van der Waals surface area contributed by atoms with Crippen molar-refractivity contribution in [2.45, 2.75) is 6.92 Å². The van der Waals surface area contributed by atoms with Crippen LogP contribution in [0.15, 0.2) is 47.8 Å². The molecule has 0 atom stereocenters. The molecule has 0 radical (unpaired) electrons. The highest BCUT2D eigenvalue weighted by atomic mass is 19.1. The fourth-order valence-electron chi connectivity index (χ4n) is 2.33. The van der Waals surface area contributed by atoms with E-state index in [0.717, 1.165) is 7.11 Å². The molecule has 0 amide bonds. The number of anilines is 1. The molecule has 0 saturated heterocycles. The number of carbonyl (C=O) groups excluding carboxylic acids is 2. The lowest BCUT2D eigenvalue weighted by molar-refractivity contribution is -0.139. The van der Waals surface area contributed by atoms with Gasteiger partial charge in [0, 0.05) is 11.8 Å². The van der Waals surface area contributed by atoms with Crippen LogP contribution in [0.4, 0.5) is 10.1 Å². The van der Waals surface area contributed by atoms with Crippen LogP contribution in [0, 0.1) is 24.1 Å². The molecular weight excluding hydrogens is 327 g/mol. The van der Waals surface area contributed by atoms with E-state index in [-0.39, 0.29) is 28.1 Å². The molecule has 25 heavy (non-hydrogen) atoms. The normalized spacial score (nSPS) is 13.3. The van der Waals surface area contributed by atoms with Crippen LogP contribution in [0.3, 0.4) is 0 Å². The van der Waals surface area contributed by atoms with Gasteiger partial charge in [0.2, 0.25) is 0 Å². The Balaban J connectivity index is 2.74. The van der Waals surface area contributed by atoms with Gasteiger partial charge >= 0.3 is 11.9 Å². The van der Waals surface area contributed by atoms with Crippen LogP contribution in [0.25, 0.3) is 0 Å². The van der Waals surface area contributed by atoms with Crippen LogP contribution in [0.2, 0.25) is 0 Å². The third-order valence-corrected chi connectivity index (χ3v) is 3.64. The van der Waals surface area contributed by atoms with Crippen molar-refractivity contribution >= 4 is 17.6 Å². The van der Waals surface area contributed by atoms with Crippen molar-refractivity contribution in [2.75, 3.05) is 19.1 Å². The molecule has 128 valence electrons. The molecule has 0 aliphatic carbocycles. The van der Waals surface area contributed by atoms with Gasteiger partial charge < -0.3 is 14.4 Å². The Hall–Kier alpha value is -3.40. The van der Waals surface area contributed by atoms with Gasteiger partial charge in [0.15, 0.2) is 5.82 Å². The maximum atomic E-state index is 14.8. The van der Waals surface area contributed by atoms with Crippen LogP contribution < -0.4 is 4.90 Å². The predicted octanol–water partition coefficient (Wildman–Crippen LogP) is 2.50. The van der Waals surface area contributed by atoms with Crippen LogP contribution in [0.5, 0.6) is 0 Å². The minimum Gasteiger partial charge on any atom is -0.465 e. The summed E-state index contributed by atoms with van der Waals surface area (Å²) in [5.74, 6) is -2.29. The first kappa shape index (κ1) is 17.9. The number of nitrogens with zero attached hydrogens (tertiary/aromatic N) is 2. The summed E-state index contributed by atoms with van der Waals surface area (Å²) in [7, 11) is 2.33. The smallest absolute Gasteiger partial charge is 0.355 e. The van der Waals surface area contributed by atoms with Crippen LogP contribution in [-0.4, -0.2) is 26.2 Å². The maximum absolute atomic E-state index is 14.8. The number of methoxy groups -OCH3 is 2. The molecule has 7 heteroatoms. The highest BCUT2D eigenvalue weighted by Crippen LogP contribution is 2.31. The summed E-state index contributed by atoms with van der Waals surface area (Å²) < 4.78 is 24.2. The zero-order valence-electron chi connectivity index (χ0n) is 13.9. The summed E-state index contributed by atoms with van der Waals surface area (Å²) in [6.45, 7) is 1.46. The third-order valence-electron chi connectivity index (χ3n) is 3.64. The van der Waals surface area contributed by atoms with Gasteiger partial charge in [0.25, 0.3) is 0 Å². The SMILES string of the molecule is COC(=O)C1=C(C(=O)OC)N(c2ccc(C#N)c(C)c2F)C=CC=C1. The summed E-state index contributed by atoms with van der Waals surface area (Å²) in [4.78, 5) is 25.5. The van der Waals surface area contributed by atoms with E-state index < -0.39 is 17.8 Å². The van der Waals surface area contributed by atoms with Crippen molar-refractivity contribution in [1.82, 2.24) is 0 Å². The molecule has 0 unspecified atom stereocenters. The molecule has 1 aliphatic heterocycles. The molecule has 2 rings (SSSR count). The van der Waals surface area contributed by atoms with Crippen molar-refractivity contribution in [3.05, 3.63) is 64.8 Å². The Kier molecular flexibility index (Phi) is 5.35. The molecule has 1 aromatic carbocycles. The first-order chi connectivity index (χ1) is 12.0. The molecule has 0 bridgehead atoms. The van der Waals surface area contributed by atoms with E-state index in [9.17, 15) is 14.0 Å². The average molecular weight is 342 g/mol. The summed E-state index contributed by atoms with van der Waals surface area (Å²) in [5.41, 5.74) is 0.0331. The molecule has 1 aromatic rings. The van der Waals surface area contributed by atoms with Gasteiger partial charge in [-0.25, -0.2) is 14.0 Å². The number of esters is 2. The number of halogens is 1. The van der Waals surface area contributed by atoms with Crippen molar-refractivity contribution < 1.29 is 23.5 Å². The monoisotopic (exact) mass is 342 g/mol. The van der Waals surface area contributed by atoms with Crippen LogP contribution >= 0.6 is 0 Å². The number of nitriles is 1. The Labute approximate surface area is 144 Å². The van der Waals surface area contributed by atoms with Crippen molar-refractivity contribution in [3.8, 4) is 6.07 Å². The minimum atomic E-state index is -0.835. The first-order valence-electron chi connectivity index (χ1n) is 7.20. The highest BCUT2D eigenvalue weighted by Gasteiger charge is 2.29. The Morgan fingerprint density at radius 2 is 1.84 bits per heavy atom. The van der Waals surface area contributed by atoms with E-state index in [1.54, 1.807) is 0 Å². The lowest BCUT2D eigenvalue weighted by atomic mass is 10.1. The fourth-order valence-corrected chi connectivity index (χ4v) is 2.33. The van der Waals surface area contributed by atoms with Gasteiger partial charge in [-0.2, -0.15) is 5.26 Å². The summed E-state index contributed by atoms with van der Waals surface area (Å²) >= 11 is 0. The van der Waals surface area contributed by atoms with Crippen LogP contribution in [0.1, 0.15) is 11.1 Å². The zero-order valence-corrected chi connectivity index (χ0v) is 13.9. The van der Waals surface area contributed by atoms with E-state index >= 15 is 0 Å². The van der Waals surface area contributed by atoms with Gasteiger partial charge in [0.1, 0.15) is 5.70 Å². The second kappa shape index (κ2) is 7.45. The first-order valence-corrected chi connectivity index (χ1v) is 7.20. The number of hydrogen-bond donors (Lipinski definition) is 0. The lowest BCUT2D eigenvalue weighted by Gasteiger charge is -2.24. The van der Waals surface area contributed by atoms with Crippen molar-refractivity contribution in [2.24, 2.45) is 0 Å². The summed E-state index contributed by atoms with van der Waals surface area (Å²) in [6.07, 6.45) is 5.85. The predicted molar refractivity (Wildman–Crippen MR) is 87.7 cm³/mol. The number of ether oxygens (including phenoxy) is 2. The van der Waals surface area contributed by atoms with Crippen molar-refractivity contribution in [3.63, 3.8) is 0 Å². The largest absolute Gasteiger partial charge is 0.465 e. The molecule has 1 heterocycles.